The Morgan fingerprint density at radius 1 is 0.722 bits per heavy atom. The van der Waals surface area contributed by atoms with Crippen LogP contribution in [0.4, 0.5) is 0 Å². The van der Waals surface area contributed by atoms with Gasteiger partial charge in [-0.3, -0.25) is 9.80 Å². The summed E-state index contributed by atoms with van der Waals surface area (Å²) in [6, 6.07) is 0. The zero-order valence-corrected chi connectivity index (χ0v) is 11.6. The molecule has 1 rings (SSSR count). The molecule has 0 amide bonds. The van der Waals surface area contributed by atoms with Crippen LogP contribution in [0.25, 0.3) is 0 Å². The number of hydrogen-bond acceptors (Lipinski definition) is 6. The van der Waals surface area contributed by atoms with Crippen molar-refractivity contribution in [3.63, 3.8) is 0 Å². The van der Waals surface area contributed by atoms with E-state index in [1.165, 1.54) is 0 Å². The van der Waals surface area contributed by atoms with Gasteiger partial charge in [-0.15, -0.1) is 0 Å². The third-order valence-corrected chi connectivity index (χ3v) is 2.83. The summed E-state index contributed by atoms with van der Waals surface area (Å²) in [5.74, 6) is 0. The van der Waals surface area contributed by atoms with Crippen LogP contribution in [0, 0.1) is 0 Å². The van der Waals surface area contributed by atoms with E-state index in [0.717, 1.165) is 52.6 Å². The molecule has 1 saturated heterocycles. The second-order valence-electron chi connectivity index (χ2n) is 4.30. The molecule has 6 heteroatoms. The number of ether oxygens (including phenoxy) is 4. The maximum absolute atomic E-state index is 5.62. The molecule has 18 heavy (non-hydrogen) atoms. The Balaban J connectivity index is 2.28. The minimum atomic E-state index is 0.627. The maximum Gasteiger partial charge on any atom is 0.0987 e. The highest BCUT2D eigenvalue weighted by Gasteiger charge is 2.08. The zero-order valence-electron chi connectivity index (χ0n) is 11.6. The molecule has 0 spiro atoms. The minimum Gasteiger partial charge on any atom is -0.379 e. The van der Waals surface area contributed by atoms with E-state index < -0.39 is 0 Å². The lowest BCUT2D eigenvalue weighted by Gasteiger charge is -2.25. The summed E-state index contributed by atoms with van der Waals surface area (Å²) in [5.41, 5.74) is 0. The molecule has 0 radical (unpaired) electrons. The first-order valence-electron chi connectivity index (χ1n) is 6.45. The summed E-state index contributed by atoms with van der Waals surface area (Å²) in [5, 5.41) is 0. The van der Waals surface area contributed by atoms with Gasteiger partial charge in [-0.1, -0.05) is 0 Å². The highest BCUT2D eigenvalue weighted by Crippen LogP contribution is 1.95. The molecule has 1 heterocycles. The van der Waals surface area contributed by atoms with Gasteiger partial charge in [0, 0.05) is 40.4 Å². The highest BCUT2D eigenvalue weighted by atomic mass is 16.5. The van der Waals surface area contributed by atoms with Gasteiger partial charge in [0.05, 0.1) is 39.9 Å². The second kappa shape index (κ2) is 10.7. The molecule has 0 aliphatic carbocycles. The average molecular weight is 262 g/mol. The Morgan fingerprint density at radius 2 is 1.06 bits per heavy atom. The predicted octanol–water partition coefficient (Wildman–Crippen LogP) is -0.155. The Morgan fingerprint density at radius 3 is 1.33 bits per heavy atom. The van der Waals surface area contributed by atoms with E-state index in [2.05, 4.69) is 9.80 Å². The van der Waals surface area contributed by atoms with Crippen LogP contribution in [-0.2, 0) is 18.9 Å². The van der Waals surface area contributed by atoms with Crippen molar-refractivity contribution in [2.45, 2.75) is 0 Å². The topological polar surface area (TPSA) is 43.4 Å². The molecule has 0 bridgehead atoms. The van der Waals surface area contributed by atoms with Gasteiger partial charge in [0.1, 0.15) is 0 Å². The monoisotopic (exact) mass is 262 g/mol. The Hall–Kier alpha value is -0.240. The first-order chi connectivity index (χ1) is 8.86. The molecule has 0 aromatic heterocycles. The lowest BCUT2D eigenvalue weighted by molar-refractivity contribution is -0.0178. The van der Waals surface area contributed by atoms with Crippen LogP contribution < -0.4 is 0 Å². The van der Waals surface area contributed by atoms with E-state index >= 15 is 0 Å². The van der Waals surface area contributed by atoms with E-state index in [1.54, 1.807) is 14.2 Å². The van der Waals surface area contributed by atoms with Gasteiger partial charge in [0.2, 0.25) is 0 Å². The lowest BCUT2D eigenvalue weighted by Crippen LogP contribution is -2.37. The second-order valence-corrected chi connectivity index (χ2v) is 4.30. The molecule has 0 aromatic rings. The van der Waals surface area contributed by atoms with Crippen molar-refractivity contribution < 1.29 is 18.9 Å². The highest BCUT2D eigenvalue weighted by molar-refractivity contribution is 4.57. The summed E-state index contributed by atoms with van der Waals surface area (Å²) >= 11 is 0. The summed E-state index contributed by atoms with van der Waals surface area (Å²) in [4.78, 5) is 4.38. The molecule has 1 aliphatic rings. The first kappa shape index (κ1) is 15.8. The van der Waals surface area contributed by atoms with Crippen LogP contribution >= 0.6 is 0 Å². The van der Waals surface area contributed by atoms with E-state index in [0.29, 0.717) is 13.5 Å². The zero-order chi connectivity index (χ0) is 13.1. The van der Waals surface area contributed by atoms with Crippen LogP contribution in [0.15, 0.2) is 0 Å². The van der Waals surface area contributed by atoms with E-state index in [4.69, 9.17) is 18.9 Å². The molecule has 0 N–H and O–H groups in total. The van der Waals surface area contributed by atoms with Gasteiger partial charge < -0.3 is 18.9 Å². The molecule has 0 atom stereocenters. The van der Waals surface area contributed by atoms with Crippen LogP contribution in [-0.4, -0.2) is 90.1 Å². The number of methoxy groups -OCH3 is 2. The van der Waals surface area contributed by atoms with Gasteiger partial charge in [0.25, 0.3) is 0 Å². The van der Waals surface area contributed by atoms with Crippen molar-refractivity contribution >= 4 is 0 Å². The third kappa shape index (κ3) is 7.25. The van der Waals surface area contributed by atoms with Gasteiger partial charge in [-0.25, -0.2) is 0 Å². The van der Waals surface area contributed by atoms with Crippen molar-refractivity contribution in [1.29, 1.82) is 0 Å². The molecular formula is C12H26N2O4. The van der Waals surface area contributed by atoms with E-state index in [-0.39, 0.29) is 0 Å². The van der Waals surface area contributed by atoms with Crippen molar-refractivity contribution in [3.8, 4) is 0 Å². The smallest absolute Gasteiger partial charge is 0.0987 e. The van der Waals surface area contributed by atoms with Crippen molar-refractivity contribution in [2.75, 3.05) is 80.3 Å². The fourth-order valence-corrected chi connectivity index (χ4v) is 1.83. The fourth-order valence-electron chi connectivity index (χ4n) is 1.83. The molecule has 0 saturated carbocycles. The molecule has 0 unspecified atom stereocenters. The molecule has 0 aromatic carbocycles. The first-order valence-corrected chi connectivity index (χ1v) is 6.45. The summed E-state index contributed by atoms with van der Waals surface area (Å²) in [6.45, 7) is 7.67. The third-order valence-electron chi connectivity index (χ3n) is 2.83. The maximum atomic E-state index is 5.62. The molecular weight excluding hydrogens is 236 g/mol. The summed E-state index contributed by atoms with van der Waals surface area (Å²) < 4.78 is 21.5. The number of nitrogens with zero attached hydrogens (tertiary/aromatic N) is 2. The van der Waals surface area contributed by atoms with Crippen molar-refractivity contribution in [3.05, 3.63) is 0 Å². The molecule has 6 nitrogen and oxygen atoms in total. The van der Waals surface area contributed by atoms with Crippen LogP contribution in [0.1, 0.15) is 0 Å². The number of rotatable bonds is 4. The molecule has 1 aliphatic heterocycles. The number of hydrogen-bond donors (Lipinski definition) is 0. The standard InChI is InChI=1S/C12H26N2O4/c1-15-11-13-3-7-17-9-5-14(12-16-2)6-10-18-8-4-13/h3-12H2,1-2H3. The van der Waals surface area contributed by atoms with Crippen molar-refractivity contribution in [2.24, 2.45) is 0 Å². The normalized spacial score (nSPS) is 22.3. The molecule has 1 fully saturated rings. The van der Waals surface area contributed by atoms with Crippen LogP contribution in [0.3, 0.4) is 0 Å². The van der Waals surface area contributed by atoms with Gasteiger partial charge in [0.15, 0.2) is 0 Å². The Bertz CT molecular complexity index is 163. The van der Waals surface area contributed by atoms with Crippen LogP contribution in [0.5, 0.6) is 0 Å². The average Bonchev–Trinajstić information content (AvgIpc) is 2.35. The van der Waals surface area contributed by atoms with Crippen molar-refractivity contribution in [1.82, 2.24) is 9.80 Å². The summed E-state index contributed by atoms with van der Waals surface area (Å²) in [6.07, 6.45) is 0. The quantitative estimate of drug-likeness (QED) is 0.702. The van der Waals surface area contributed by atoms with E-state index in [9.17, 15) is 0 Å². The largest absolute Gasteiger partial charge is 0.379 e. The van der Waals surface area contributed by atoms with Gasteiger partial charge >= 0.3 is 0 Å². The predicted molar refractivity (Wildman–Crippen MR) is 68.5 cm³/mol. The summed E-state index contributed by atoms with van der Waals surface area (Å²) in [7, 11) is 3.42. The Labute approximate surface area is 110 Å². The van der Waals surface area contributed by atoms with Gasteiger partial charge in [-0.05, 0) is 0 Å². The fraction of sp³-hybridized carbons (Fsp3) is 1.00. The Kier molecular flexibility index (Phi) is 9.37. The van der Waals surface area contributed by atoms with Crippen LogP contribution in [0.2, 0.25) is 0 Å². The van der Waals surface area contributed by atoms with Gasteiger partial charge in [-0.2, -0.15) is 0 Å². The SMILES string of the molecule is COCN1CCOCCN(COC)CCOCC1. The lowest BCUT2D eigenvalue weighted by atomic mass is 10.5. The minimum absolute atomic E-state index is 0.627. The molecule has 108 valence electrons. The van der Waals surface area contributed by atoms with E-state index in [1.807, 2.05) is 0 Å².